The highest BCUT2D eigenvalue weighted by molar-refractivity contribution is 7.89. The largest absolute Gasteiger partial charge is 0.494 e. The molecule has 1 fully saturated rings. The number of rotatable bonds is 7. The molecule has 0 atom stereocenters. The van der Waals surface area contributed by atoms with Gasteiger partial charge in [0.2, 0.25) is 10.0 Å². The third-order valence-electron chi connectivity index (χ3n) is 4.44. The summed E-state index contributed by atoms with van der Waals surface area (Å²) in [4.78, 5) is 6.75. The van der Waals surface area contributed by atoms with Crippen LogP contribution in [0.25, 0.3) is 0 Å². The van der Waals surface area contributed by atoms with Crippen molar-refractivity contribution in [1.82, 2.24) is 9.29 Å². The first kappa shape index (κ1) is 18.7. The highest BCUT2D eigenvalue weighted by Crippen LogP contribution is 2.22. The normalized spacial score (nSPS) is 15.8. The molecular weight excluding hydrogens is 350 g/mol. The molecule has 7 heteroatoms. The van der Waals surface area contributed by atoms with Gasteiger partial charge in [0.1, 0.15) is 11.6 Å². The van der Waals surface area contributed by atoms with Crippen LogP contribution in [-0.2, 0) is 10.0 Å². The summed E-state index contributed by atoms with van der Waals surface area (Å²) in [5, 5.41) is 0. The summed E-state index contributed by atoms with van der Waals surface area (Å²) in [7, 11) is -3.48. The Labute approximate surface area is 155 Å². The van der Waals surface area contributed by atoms with Gasteiger partial charge >= 0.3 is 0 Å². The Bertz CT molecular complexity index is 787. The number of hydrogen-bond donors (Lipinski definition) is 0. The van der Waals surface area contributed by atoms with Gasteiger partial charge in [0.05, 0.1) is 11.5 Å². The third kappa shape index (κ3) is 4.34. The van der Waals surface area contributed by atoms with Crippen LogP contribution in [-0.4, -0.2) is 50.5 Å². The van der Waals surface area contributed by atoms with E-state index in [2.05, 4.69) is 16.8 Å². The van der Waals surface area contributed by atoms with Crippen LogP contribution in [0.4, 0.5) is 5.82 Å². The first-order chi connectivity index (χ1) is 12.6. The molecule has 26 heavy (non-hydrogen) atoms. The minimum absolute atomic E-state index is 0.312. The van der Waals surface area contributed by atoms with Gasteiger partial charge in [-0.1, -0.05) is 19.4 Å². The van der Waals surface area contributed by atoms with Gasteiger partial charge in [-0.25, -0.2) is 13.4 Å². The molecule has 0 amide bonds. The zero-order chi connectivity index (χ0) is 18.4. The zero-order valence-electron chi connectivity index (χ0n) is 15.0. The van der Waals surface area contributed by atoms with Crippen molar-refractivity contribution in [2.24, 2.45) is 0 Å². The number of nitrogens with zero attached hydrogens (tertiary/aromatic N) is 3. The fraction of sp³-hybridized carbons (Fsp3) is 0.421. The Morgan fingerprint density at radius 3 is 2.38 bits per heavy atom. The Morgan fingerprint density at radius 1 is 1.04 bits per heavy atom. The summed E-state index contributed by atoms with van der Waals surface area (Å²) in [6.45, 7) is 4.93. The number of anilines is 1. The number of benzene rings is 1. The van der Waals surface area contributed by atoms with Gasteiger partial charge in [-0.3, -0.25) is 0 Å². The minimum Gasteiger partial charge on any atom is -0.494 e. The van der Waals surface area contributed by atoms with Crippen molar-refractivity contribution in [2.75, 3.05) is 37.7 Å². The lowest BCUT2D eigenvalue weighted by molar-refractivity contribution is 0.309. The van der Waals surface area contributed by atoms with Crippen LogP contribution < -0.4 is 9.64 Å². The molecule has 0 N–H and O–H groups in total. The van der Waals surface area contributed by atoms with Gasteiger partial charge < -0.3 is 9.64 Å². The van der Waals surface area contributed by atoms with E-state index in [1.165, 1.54) is 0 Å². The Morgan fingerprint density at radius 2 is 1.77 bits per heavy atom. The first-order valence-electron chi connectivity index (χ1n) is 9.00. The predicted molar refractivity (Wildman–Crippen MR) is 102 cm³/mol. The smallest absolute Gasteiger partial charge is 0.243 e. The maximum Gasteiger partial charge on any atom is 0.243 e. The number of piperazine rings is 1. The molecule has 1 aliphatic rings. The quantitative estimate of drug-likeness (QED) is 0.697. The molecule has 0 radical (unpaired) electrons. The summed E-state index contributed by atoms with van der Waals surface area (Å²) in [6, 6.07) is 12.5. The molecule has 140 valence electrons. The second-order valence-corrected chi connectivity index (χ2v) is 8.19. The van der Waals surface area contributed by atoms with E-state index in [0.717, 1.165) is 18.7 Å². The van der Waals surface area contributed by atoms with E-state index in [1.807, 2.05) is 18.2 Å². The van der Waals surface area contributed by atoms with Crippen LogP contribution in [0.3, 0.4) is 0 Å². The molecule has 6 nitrogen and oxygen atoms in total. The summed E-state index contributed by atoms with van der Waals surface area (Å²) < 4.78 is 32.8. The van der Waals surface area contributed by atoms with Crippen LogP contribution in [0.15, 0.2) is 53.6 Å². The maximum absolute atomic E-state index is 12.9. The second-order valence-electron chi connectivity index (χ2n) is 6.25. The molecule has 2 heterocycles. The summed E-state index contributed by atoms with van der Waals surface area (Å²) in [5.41, 5.74) is 0. The van der Waals surface area contributed by atoms with E-state index in [1.54, 1.807) is 34.8 Å². The number of aromatic nitrogens is 1. The van der Waals surface area contributed by atoms with Crippen LogP contribution in [0.2, 0.25) is 0 Å². The number of pyridine rings is 1. The van der Waals surface area contributed by atoms with Crippen molar-refractivity contribution in [2.45, 2.75) is 24.7 Å². The van der Waals surface area contributed by atoms with Crippen LogP contribution >= 0.6 is 0 Å². The van der Waals surface area contributed by atoms with Gasteiger partial charge in [-0.2, -0.15) is 4.31 Å². The lowest BCUT2D eigenvalue weighted by Gasteiger charge is -2.34. The molecule has 0 spiro atoms. The number of sulfonamides is 1. The average Bonchev–Trinajstić information content (AvgIpc) is 2.69. The molecule has 0 saturated carbocycles. The van der Waals surface area contributed by atoms with Crippen molar-refractivity contribution >= 4 is 15.8 Å². The van der Waals surface area contributed by atoms with Crippen molar-refractivity contribution in [3.8, 4) is 5.75 Å². The van der Waals surface area contributed by atoms with Gasteiger partial charge in [0.15, 0.2) is 0 Å². The van der Waals surface area contributed by atoms with Crippen LogP contribution in [0.1, 0.15) is 19.8 Å². The van der Waals surface area contributed by atoms with Gasteiger partial charge in [-0.05, 0) is 42.8 Å². The van der Waals surface area contributed by atoms with Crippen LogP contribution in [0, 0.1) is 0 Å². The highest BCUT2D eigenvalue weighted by Gasteiger charge is 2.28. The molecule has 1 saturated heterocycles. The monoisotopic (exact) mass is 375 g/mol. The molecule has 2 aromatic rings. The van der Waals surface area contributed by atoms with E-state index in [-0.39, 0.29) is 0 Å². The van der Waals surface area contributed by atoms with Crippen molar-refractivity contribution in [3.63, 3.8) is 0 Å². The molecule has 0 bridgehead atoms. The average molecular weight is 375 g/mol. The molecule has 1 aromatic carbocycles. The second kappa shape index (κ2) is 8.51. The first-order valence-corrected chi connectivity index (χ1v) is 10.4. The molecule has 3 rings (SSSR count). The Kier molecular flexibility index (Phi) is 6.11. The Hall–Kier alpha value is -2.12. The molecule has 0 unspecified atom stereocenters. The van der Waals surface area contributed by atoms with Gasteiger partial charge in [-0.15, -0.1) is 0 Å². The SMILES string of the molecule is CCCCOc1ccc(S(=O)(=O)N2CCN(c3ccccn3)CC2)cc1. The summed E-state index contributed by atoms with van der Waals surface area (Å²) in [5.74, 6) is 1.59. The Balaban J connectivity index is 1.62. The van der Waals surface area contributed by atoms with E-state index in [0.29, 0.717) is 43.4 Å². The van der Waals surface area contributed by atoms with E-state index >= 15 is 0 Å². The fourth-order valence-electron chi connectivity index (χ4n) is 2.89. The number of unbranched alkanes of at least 4 members (excludes halogenated alkanes) is 1. The van der Waals surface area contributed by atoms with Crippen molar-refractivity contribution in [3.05, 3.63) is 48.7 Å². The van der Waals surface area contributed by atoms with Crippen LogP contribution in [0.5, 0.6) is 5.75 Å². The van der Waals surface area contributed by atoms with Gasteiger partial charge in [0.25, 0.3) is 0 Å². The number of hydrogen-bond acceptors (Lipinski definition) is 5. The van der Waals surface area contributed by atoms with Crippen molar-refractivity contribution in [1.29, 1.82) is 0 Å². The zero-order valence-corrected chi connectivity index (χ0v) is 15.9. The van der Waals surface area contributed by atoms with E-state index in [4.69, 9.17) is 4.74 Å². The van der Waals surface area contributed by atoms with E-state index < -0.39 is 10.0 Å². The predicted octanol–water partition coefficient (Wildman–Crippen LogP) is 2.77. The highest BCUT2D eigenvalue weighted by atomic mass is 32.2. The topological polar surface area (TPSA) is 62.7 Å². The maximum atomic E-state index is 12.9. The standard InChI is InChI=1S/C19H25N3O3S/c1-2-3-16-25-17-7-9-18(10-8-17)26(23,24)22-14-12-21(13-15-22)19-6-4-5-11-20-19/h4-11H,2-3,12-16H2,1H3. The van der Waals surface area contributed by atoms with Crippen molar-refractivity contribution < 1.29 is 13.2 Å². The fourth-order valence-corrected chi connectivity index (χ4v) is 4.31. The molecule has 1 aliphatic heterocycles. The van der Waals surface area contributed by atoms with E-state index in [9.17, 15) is 8.42 Å². The lowest BCUT2D eigenvalue weighted by Crippen LogP contribution is -2.48. The molecule has 0 aliphatic carbocycles. The third-order valence-corrected chi connectivity index (χ3v) is 6.35. The van der Waals surface area contributed by atoms with Gasteiger partial charge in [0, 0.05) is 32.4 Å². The summed E-state index contributed by atoms with van der Waals surface area (Å²) in [6.07, 6.45) is 3.81. The molecule has 1 aromatic heterocycles. The summed E-state index contributed by atoms with van der Waals surface area (Å²) >= 11 is 0. The molecular formula is C19H25N3O3S. The lowest BCUT2D eigenvalue weighted by atomic mass is 10.3. The number of ether oxygens (including phenoxy) is 1. The minimum atomic E-state index is -3.48.